The van der Waals surface area contributed by atoms with Crippen molar-refractivity contribution in [3.8, 4) is 11.8 Å². The van der Waals surface area contributed by atoms with Gasteiger partial charge in [0.25, 0.3) is 0 Å². The molecule has 0 unspecified atom stereocenters. The Morgan fingerprint density at radius 2 is 1.69 bits per heavy atom. The first kappa shape index (κ1) is 12.4. The van der Waals surface area contributed by atoms with Crippen molar-refractivity contribution in [2.24, 2.45) is 5.92 Å². The minimum atomic E-state index is 0.478. The fraction of sp³-hybridized carbons (Fsp3) is 0.333. The zero-order valence-corrected chi connectivity index (χ0v) is 10.5. The number of hydrogen-bond acceptors (Lipinski definition) is 1. The second-order valence-electron chi connectivity index (χ2n) is 4.44. The van der Waals surface area contributed by atoms with Crippen molar-refractivity contribution >= 4 is 5.69 Å². The van der Waals surface area contributed by atoms with Gasteiger partial charge in [-0.1, -0.05) is 31.3 Å². The maximum absolute atomic E-state index is 5.62. The Labute approximate surface area is 98.4 Å². The Bertz CT molecular complexity index is 435. The van der Waals surface area contributed by atoms with E-state index in [0.717, 1.165) is 11.3 Å². The van der Waals surface area contributed by atoms with Gasteiger partial charge < -0.3 is 5.73 Å². The molecule has 1 heteroatoms. The third kappa shape index (κ3) is 3.47. The van der Waals surface area contributed by atoms with Gasteiger partial charge in [0, 0.05) is 16.8 Å². The van der Waals surface area contributed by atoms with E-state index in [4.69, 9.17) is 5.73 Å². The highest BCUT2D eigenvalue weighted by Crippen LogP contribution is 2.13. The smallest absolute Gasteiger partial charge is 0.0314 e. The summed E-state index contributed by atoms with van der Waals surface area (Å²) in [6.45, 7) is 8.54. The minimum Gasteiger partial charge on any atom is -0.399 e. The first-order valence-corrected chi connectivity index (χ1v) is 5.55. The molecular weight excluding hydrogens is 194 g/mol. The molecule has 0 saturated carbocycles. The van der Waals surface area contributed by atoms with Gasteiger partial charge in [-0.05, 0) is 44.0 Å². The molecule has 84 valence electrons. The van der Waals surface area contributed by atoms with Crippen LogP contribution in [0.4, 0.5) is 5.69 Å². The van der Waals surface area contributed by atoms with Crippen LogP contribution in [0.3, 0.4) is 0 Å². The number of nitrogens with two attached hydrogens (primary N) is 1. The number of rotatable bonds is 1. The van der Waals surface area contributed by atoms with E-state index in [1.807, 2.05) is 24.3 Å². The van der Waals surface area contributed by atoms with Crippen molar-refractivity contribution in [2.45, 2.75) is 27.7 Å². The van der Waals surface area contributed by atoms with Crippen molar-refractivity contribution < 1.29 is 0 Å². The summed E-state index contributed by atoms with van der Waals surface area (Å²) in [6, 6.07) is 7.65. The maximum Gasteiger partial charge on any atom is 0.0314 e. The maximum atomic E-state index is 5.62. The van der Waals surface area contributed by atoms with Crippen LogP contribution < -0.4 is 5.73 Å². The molecule has 0 aliphatic carbocycles. The van der Waals surface area contributed by atoms with Crippen LogP contribution in [-0.4, -0.2) is 0 Å². The first-order valence-electron chi connectivity index (χ1n) is 5.55. The van der Waals surface area contributed by atoms with Crippen molar-refractivity contribution in [3.63, 3.8) is 0 Å². The highest BCUT2D eigenvalue weighted by atomic mass is 14.5. The van der Waals surface area contributed by atoms with Gasteiger partial charge in [0.05, 0.1) is 0 Å². The lowest BCUT2D eigenvalue weighted by Gasteiger charge is -2.05. The Morgan fingerprint density at radius 3 is 2.12 bits per heavy atom. The summed E-state index contributed by atoms with van der Waals surface area (Å²) in [4.78, 5) is 0. The standard InChI is InChI=1S/C15H19N/c1-11(2)15(12(3)4)10-7-13-5-8-14(16)9-6-13/h5-6,8-9,11H,16H2,1-4H3. The second-order valence-corrected chi connectivity index (χ2v) is 4.44. The van der Waals surface area contributed by atoms with E-state index in [1.54, 1.807) is 0 Å². The number of anilines is 1. The van der Waals surface area contributed by atoms with E-state index < -0.39 is 0 Å². The highest BCUT2D eigenvalue weighted by Gasteiger charge is 2.00. The molecule has 0 aromatic heterocycles. The van der Waals surface area contributed by atoms with Crippen molar-refractivity contribution in [2.75, 3.05) is 5.73 Å². The molecule has 16 heavy (non-hydrogen) atoms. The zero-order chi connectivity index (χ0) is 12.1. The van der Waals surface area contributed by atoms with Gasteiger partial charge in [0.1, 0.15) is 0 Å². The summed E-state index contributed by atoms with van der Waals surface area (Å²) in [5, 5.41) is 0. The Morgan fingerprint density at radius 1 is 1.12 bits per heavy atom. The van der Waals surface area contributed by atoms with Crippen molar-refractivity contribution in [1.29, 1.82) is 0 Å². The fourth-order valence-corrected chi connectivity index (χ4v) is 1.55. The third-order valence-corrected chi connectivity index (χ3v) is 2.37. The molecule has 1 rings (SSSR count). The molecule has 0 saturated heterocycles. The molecule has 0 aliphatic heterocycles. The quantitative estimate of drug-likeness (QED) is 0.559. The van der Waals surface area contributed by atoms with Crippen LogP contribution in [0.2, 0.25) is 0 Å². The Balaban J connectivity index is 2.97. The van der Waals surface area contributed by atoms with Crippen LogP contribution >= 0.6 is 0 Å². The largest absolute Gasteiger partial charge is 0.399 e. The van der Waals surface area contributed by atoms with Crippen LogP contribution in [0.15, 0.2) is 35.4 Å². The predicted octanol–water partition coefficient (Wildman–Crippen LogP) is 3.61. The molecular formula is C15H19N. The predicted molar refractivity (Wildman–Crippen MR) is 70.9 cm³/mol. The summed E-state index contributed by atoms with van der Waals surface area (Å²) in [7, 11) is 0. The average molecular weight is 213 g/mol. The second kappa shape index (κ2) is 5.42. The molecule has 0 radical (unpaired) electrons. The van der Waals surface area contributed by atoms with Gasteiger partial charge in [-0.3, -0.25) is 0 Å². The van der Waals surface area contributed by atoms with E-state index in [9.17, 15) is 0 Å². The molecule has 0 aliphatic rings. The highest BCUT2D eigenvalue weighted by molar-refractivity contribution is 5.47. The molecule has 1 aromatic carbocycles. The van der Waals surface area contributed by atoms with Gasteiger partial charge in [0.2, 0.25) is 0 Å². The minimum absolute atomic E-state index is 0.478. The number of benzene rings is 1. The number of hydrogen-bond donors (Lipinski definition) is 1. The molecule has 0 bridgehead atoms. The van der Waals surface area contributed by atoms with E-state index in [2.05, 4.69) is 39.5 Å². The van der Waals surface area contributed by atoms with Gasteiger partial charge in [-0.2, -0.15) is 0 Å². The topological polar surface area (TPSA) is 26.0 Å². The summed E-state index contributed by atoms with van der Waals surface area (Å²) in [5.74, 6) is 6.89. The molecule has 2 N–H and O–H groups in total. The molecule has 0 atom stereocenters. The molecule has 1 nitrogen and oxygen atoms in total. The van der Waals surface area contributed by atoms with Gasteiger partial charge in [-0.15, -0.1) is 0 Å². The van der Waals surface area contributed by atoms with Gasteiger partial charge in [0.15, 0.2) is 0 Å². The molecule has 0 heterocycles. The lowest BCUT2D eigenvalue weighted by molar-refractivity contribution is 0.787. The SMILES string of the molecule is CC(C)=C(C#Cc1ccc(N)cc1)C(C)C. The van der Waals surface area contributed by atoms with Crippen molar-refractivity contribution in [1.82, 2.24) is 0 Å². The Kier molecular flexibility index (Phi) is 4.19. The lowest BCUT2D eigenvalue weighted by Crippen LogP contribution is -1.93. The van der Waals surface area contributed by atoms with Crippen LogP contribution in [0.1, 0.15) is 33.3 Å². The summed E-state index contributed by atoms with van der Waals surface area (Å²) in [5.41, 5.74) is 9.91. The van der Waals surface area contributed by atoms with Gasteiger partial charge >= 0.3 is 0 Å². The third-order valence-electron chi connectivity index (χ3n) is 2.37. The first-order chi connectivity index (χ1) is 7.50. The monoisotopic (exact) mass is 213 g/mol. The molecule has 0 fully saturated rings. The van der Waals surface area contributed by atoms with E-state index in [1.165, 1.54) is 11.1 Å². The molecule has 0 spiro atoms. The van der Waals surface area contributed by atoms with E-state index in [-0.39, 0.29) is 0 Å². The Hall–Kier alpha value is -1.68. The zero-order valence-electron chi connectivity index (χ0n) is 10.5. The number of allylic oxidation sites excluding steroid dienone is 2. The normalized spacial score (nSPS) is 9.56. The average Bonchev–Trinajstić information content (AvgIpc) is 2.20. The summed E-state index contributed by atoms with van der Waals surface area (Å²) in [6.07, 6.45) is 0. The van der Waals surface area contributed by atoms with Crippen LogP contribution in [0.5, 0.6) is 0 Å². The molecule has 1 aromatic rings. The van der Waals surface area contributed by atoms with Crippen LogP contribution in [0.25, 0.3) is 0 Å². The van der Waals surface area contributed by atoms with E-state index in [0.29, 0.717) is 5.92 Å². The number of nitrogen functional groups attached to an aromatic ring is 1. The van der Waals surface area contributed by atoms with E-state index >= 15 is 0 Å². The van der Waals surface area contributed by atoms with Crippen molar-refractivity contribution in [3.05, 3.63) is 41.0 Å². The lowest BCUT2D eigenvalue weighted by atomic mass is 9.99. The molecule has 0 amide bonds. The van der Waals surface area contributed by atoms with Gasteiger partial charge in [-0.25, -0.2) is 0 Å². The van der Waals surface area contributed by atoms with Crippen LogP contribution in [-0.2, 0) is 0 Å². The fourth-order valence-electron chi connectivity index (χ4n) is 1.55. The van der Waals surface area contributed by atoms with Crippen LogP contribution in [0, 0.1) is 17.8 Å². The summed E-state index contributed by atoms with van der Waals surface area (Å²) >= 11 is 0. The summed E-state index contributed by atoms with van der Waals surface area (Å²) < 4.78 is 0.